The van der Waals surface area contributed by atoms with Gasteiger partial charge in [0.15, 0.2) is 0 Å². The molecule has 2 aromatic heterocycles. The average molecular weight is 891 g/mol. The lowest BCUT2D eigenvalue weighted by Crippen LogP contribution is -2.43. The van der Waals surface area contributed by atoms with Crippen LogP contribution in [-0.4, -0.2) is 48.6 Å². The smallest absolute Gasteiger partial charge is 0.411 e. The molecule has 6 aliphatic carbocycles. The zero-order valence-corrected chi connectivity index (χ0v) is 41.0. The molecular formula is C58H78N6O2. The summed E-state index contributed by atoms with van der Waals surface area (Å²) in [4.78, 5) is 34.2. The maximum Gasteiger partial charge on any atom is 0.411 e. The molecule has 8 aliphatic rings. The van der Waals surface area contributed by atoms with Gasteiger partial charge in [-0.05, 0) is 210 Å². The second-order valence-corrected chi connectivity index (χ2v) is 24.8. The Kier molecular flexibility index (Phi) is 10.9. The average Bonchev–Trinajstić information content (AvgIpc) is 3.79. The van der Waals surface area contributed by atoms with E-state index < -0.39 is 5.60 Å². The van der Waals surface area contributed by atoms with E-state index in [1.54, 1.807) is 5.57 Å². The van der Waals surface area contributed by atoms with Gasteiger partial charge in [-0.1, -0.05) is 76.8 Å². The first kappa shape index (κ1) is 43.4. The molecule has 4 aromatic rings. The second kappa shape index (κ2) is 16.7. The molecule has 1 amide bonds. The molecular weight excluding hydrogens is 813 g/mol. The molecule has 2 saturated heterocycles. The molecule has 0 radical (unpaired) electrons. The van der Waals surface area contributed by atoms with Crippen LogP contribution in [0.25, 0.3) is 27.6 Å². The quantitative estimate of drug-likeness (QED) is 0.177. The van der Waals surface area contributed by atoms with Crippen molar-refractivity contribution in [1.29, 1.82) is 0 Å². The minimum Gasteiger partial charge on any atom is -0.444 e. The number of hydrogen-bond donors (Lipinski definition) is 3. The van der Waals surface area contributed by atoms with E-state index >= 15 is 0 Å². The number of ether oxygens (including phenoxy) is 1. The number of carbonyl (C=O) groups excluding carboxylic acids is 1. The Labute approximate surface area is 394 Å². The topological polar surface area (TPSA) is 98.9 Å². The molecule has 4 unspecified atom stereocenters. The lowest BCUT2D eigenvalue weighted by atomic mass is 9.70. The van der Waals surface area contributed by atoms with Gasteiger partial charge in [0, 0.05) is 12.1 Å². The molecule has 352 valence electrons. The van der Waals surface area contributed by atoms with Crippen molar-refractivity contribution in [3.63, 3.8) is 0 Å². The van der Waals surface area contributed by atoms with Gasteiger partial charge < -0.3 is 20.0 Å². The number of aromatic nitrogens is 4. The molecule has 2 aliphatic heterocycles. The number of rotatable bonds is 4. The van der Waals surface area contributed by atoms with Gasteiger partial charge >= 0.3 is 6.09 Å². The lowest BCUT2D eigenvalue weighted by Gasteiger charge is -2.35. The van der Waals surface area contributed by atoms with E-state index in [9.17, 15) is 4.79 Å². The number of nitrogens with one attached hydrogen (secondary N) is 3. The van der Waals surface area contributed by atoms with Crippen LogP contribution in [0.2, 0.25) is 0 Å². The number of hydrogen-bond acceptors (Lipinski definition) is 5. The number of carbonyl (C=O) groups is 1. The van der Waals surface area contributed by atoms with Gasteiger partial charge in [0.1, 0.15) is 17.2 Å². The highest BCUT2D eigenvalue weighted by Crippen LogP contribution is 2.68. The summed E-state index contributed by atoms with van der Waals surface area (Å²) >= 11 is 0. The first-order valence-electron chi connectivity index (χ1n) is 27.0. The molecule has 3 saturated carbocycles. The van der Waals surface area contributed by atoms with Crippen molar-refractivity contribution < 1.29 is 9.53 Å². The fourth-order valence-corrected chi connectivity index (χ4v) is 15.6. The van der Waals surface area contributed by atoms with Crippen LogP contribution in [0.3, 0.4) is 0 Å². The van der Waals surface area contributed by atoms with E-state index in [0.717, 1.165) is 47.0 Å². The van der Waals surface area contributed by atoms with Gasteiger partial charge in [0.05, 0.1) is 34.2 Å². The van der Waals surface area contributed by atoms with Crippen LogP contribution in [0.5, 0.6) is 0 Å². The van der Waals surface area contributed by atoms with E-state index in [1.165, 1.54) is 113 Å². The van der Waals surface area contributed by atoms with Crippen LogP contribution < -0.4 is 5.32 Å². The zero-order valence-electron chi connectivity index (χ0n) is 41.0. The van der Waals surface area contributed by atoms with E-state index in [0.29, 0.717) is 70.8 Å². The summed E-state index contributed by atoms with van der Waals surface area (Å²) in [5.74, 6) is 8.13. The summed E-state index contributed by atoms with van der Waals surface area (Å²) in [5.41, 5.74) is 8.70. The van der Waals surface area contributed by atoms with Crippen molar-refractivity contribution in [2.24, 2.45) is 58.7 Å². The van der Waals surface area contributed by atoms with Crippen LogP contribution in [0, 0.1) is 58.7 Å². The SMILES string of the molecule is CC1C[C@@H]2/C=C(/c3ccc4[nH]c([C@@H]5C[C@@H]6CCCC[C@@H]6N5)nc4c3)[C@@H](CC[C@@H]3C=C[C@H](CC2)C(c2ccc4[nH]c([C@@H]5C[C@@H]6CCCC[C@@H]6N5C(=O)OC(C)(C)C)nc4c2)C2CC23C)C[C@@H]1C. The molecule has 3 N–H and O–H groups in total. The largest absolute Gasteiger partial charge is 0.444 e. The number of amides is 1. The van der Waals surface area contributed by atoms with Crippen molar-refractivity contribution in [2.45, 2.75) is 186 Å². The number of likely N-dealkylation sites (tertiary alicyclic amines) is 1. The highest BCUT2D eigenvalue weighted by atomic mass is 16.6. The number of nitrogens with zero attached hydrogens (tertiary/aromatic N) is 3. The third kappa shape index (κ3) is 7.89. The van der Waals surface area contributed by atoms with Crippen molar-refractivity contribution in [1.82, 2.24) is 30.2 Å². The number of H-pyrrole nitrogens is 2. The van der Waals surface area contributed by atoms with Crippen LogP contribution in [0.15, 0.2) is 54.6 Å². The van der Waals surface area contributed by atoms with E-state index in [-0.39, 0.29) is 18.2 Å². The monoisotopic (exact) mass is 891 g/mol. The summed E-state index contributed by atoms with van der Waals surface area (Å²) in [7, 11) is 0. The van der Waals surface area contributed by atoms with E-state index in [1.807, 2.05) is 20.8 Å². The zero-order chi connectivity index (χ0) is 45.1. The van der Waals surface area contributed by atoms with Crippen LogP contribution in [-0.2, 0) is 4.74 Å². The normalized spacial score (nSPS) is 39.8. The first-order chi connectivity index (χ1) is 31.8. The van der Waals surface area contributed by atoms with Crippen molar-refractivity contribution in [3.05, 3.63) is 77.4 Å². The highest BCUT2D eigenvalue weighted by Gasteiger charge is 2.60. The van der Waals surface area contributed by atoms with Crippen LogP contribution in [0.4, 0.5) is 4.79 Å². The Morgan fingerprint density at radius 2 is 1.52 bits per heavy atom. The van der Waals surface area contributed by atoms with Gasteiger partial charge in [-0.3, -0.25) is 4.90 Å². The maximum atomic E-state index is 13.9. The third-order valence-electron chi connectivity index (χ3n) is 19.5. The molecule has 8 nitrogen and oxygen atoms in total. The fourth-order valence-electron chi connectivity index (χ4n) is 15.6. The minimum atomic E-state index is -0.534. The van der Waals surface area contributed by atoms with Crippen LogP contribution >= 0.6 is 0 Å². The Hall–Kier alpha value is -3.91. The number of aromatic amines is 2. The summed E-state index contributed by atoms with van der Waals surface area (Å²) in [5, 5.41) is 3.98. The summed E-state index contributed by atoms with van der Waals surface area (Å²) in [6.45, 7) is 13.7. The Morgan fingerprint density at radius 3 is 2.35 bits per heavy atom. The van der Waals surface area contributed by atoms with Gasteiger partial charge in [-0.25, -0.2) is 14.8 Å². The highest BCUT2D eigenvalue weighted by molar-refractivity contribution is 5.82. The molecule has 12 rings (SSSR count). The first-order valence-corrected chi connectivity index (χ1v) is 27.0. The molecule has 8 heteroatoms. The molecule has 0 spiro atoms. The third-order valence-corrected chi connectivity index (χ3v) is 19.5. The molecule has 4 heterocycles. The lowest BCUT2D eigenvalue weighted by molar-refractivity contribution is 0.00952. The molecule has 15 atom stereocenters. The van der Waals surface area contributed by atoms with E-state index in [2.05, 4.69) is 95.6 Å². The molecule has 66 heavy (non-hydrogen) atoms. The standard InChI is InChI=1S/C58H78N6O2/c1-33-25-35-15-16-36-17-21-42(22-18-37(26-34(33)2)43(27-35)38-19-23-46-48(28-38)62-54(60-46)50-29-39-11-7-9-13-45(39)59-50)58(6)32-44(58)53(36)41-20-24-47-49(30-41)63-55(61-47)52-31-40-12-8-10-14-51(40)64(52)56(65)66-57(3,4)5/h17,19-21,23-24,27-28,30,33-37,39-40,42,44-45,50-53,59H,7-16,18,22,25-26,29,31-32H2,1-6H3,(H,60,62)(H,61,63)/b43-27+/t33?,34-,35+,36-,37-,39-,40-,42-,44?,45-,50-,51-,52-,53?,58?/m0/s1. The second-order valence-electron chi connectivity index (χ2n) is 24.8. The van der Waals surface area contributed by atoms with Gasteiger partial charge in [-0.2, -0.15) is 0 Å². The van der Waals surface area contributed by atoms with Crippen molar-refractivity contribution in [3.8, 4) is 0 Å². The van der Waals surface area contributed by atoms with Gasteiger partial charge in [0.25, 0.3) is 0 Å². The molecule has 4 bridgehead atoms. The Bertz CT molecular complexity index is 2510. The predicted octanol–water partition coefficient (Wildman–Crippen LogP) is 14.1. The minimum absolute atomic E-state index is 0.0805. The number of allylic oxidation sites excluding steroid dienone is 4. The van der Waals surface area contributed by atoms with Gasteiger partial charge in [0.2, 0.25) is 0 Å². The maximum absolute atomic E-state index is 13.9. The number of benzene rings is 2. The Balaban J connectivity index is 0.845. The molecule has 2 aromatic carbocycles. The van der Waals surface area contributed by atoms with E-state index in [4.69, 9.17) is 14.7 Å². The fraction of sp³-hybridized carbons (Fsp3) is 0.672. The number of imidazole rings is 2. The van der Waals surface area contributed by atoms with Gasteiger partial charge in [-0.15, -0.1) is 0 Å². The number of fused-ring (bicyclic) bond motifs is 10. The summed E-state index contributed by atoms with van der Waals surface area (Å²) in [6.07, 6.45) is 29.0. The van der Waals surface area contributed by atoms with Crippen molar-refractivity contribution in [2.75, 3.05) is 0 Å². The van der Waals surface area contributed by atoms with Crippen LogP contribution in [0.1, 0.15) is 191 Å². The van der Waals surface area contributed by atoms with Crippen molar-refractivity contribution >= 4 is 33.7 Å². The summed E-state index contributed by atoms with van der Waals surface area (Å²) in [6, 6.07) is 15.6. The predicted molar refractivity (Wildman–Crippen MR) is 266 cm³/mol. The Morgan fingerprint density at radius 1 is 0.773 bits per heavy atom. The summed E-state index contributed by atoms with van der Waals surface area (Å²) < 4.78 is 6.06. The molecule has 5 fully saturated rings.